The van der Waals surface area contributed by atoms with Crippen molar-refractivity contribution in [3.05, 3.63) is 18.6 Å². The van der Waals surface area contributed by atoms with Crippen molar-refractivity contribution in [3.8, 4) is 0 Å². The Labute approximate surface area is 127 Å². The molecule has 1 aliphatic carbocycles. The lowest BCUT2D eigenvalue weighted by molar-refractivity contribution is 0.168. The van der Waals surface area contributed by atoms with Gasteiger partial charge in [0.1, 0.15) is 17.8 Å². The molecular weight excluding hydrogens is 260 g/mol. The molecule has 2 heterocycles. The third-order valence-corrected chi connectivity index (χ3v) is 5.14. The first-order valence-corrected chi connectivity index (χ1v) is 7.97. The van der Waals surface area contributed by atoms with E-state index in [1.54, 1.807) is 6.33 Å². The quantitative estimate of drug-likeness (QED) is 0.907. The number of fused-ring (bicyclic) bond motifs is 1. The Morgan fingerprint density at radius 2 is 1.86 bits per heavy atom. The molecule has 1 aliphatic rings. The lowest BCUT2D eigenvalue weighted by atomic mass is 9.71. The Bertz CT molecular complexity index is 603. The SMILES string of the molecule is CN(c1ncnc2[nH]ccc12)C1CCC(C(C)(C)C)CC1. The van der Waals surface area contributed by atoms with Crippen molar-refractivity contribution in [2.24, 2.45) is 11.3 Å². The predicted octanol–water partition coefficient (Wildman–Crippen LogP) is 4.00. The molecule has 0 amide bonds. The summed E-state index contributed by atoms with van der Waals surface area (Å²) in [7, 11) is 2.18. The van der Waals surface area contributed by atoms with E-state index >= 15 is 0 Å². The summed E-state index contributed by atoms with van der Waals surface area (Å²) in [5.74, 6) is 1.90. The van der Waals surface area contributed by atoms with Crippen molar-refractivity contribution >= 4 is 16.9 Å². The molecule has 114 valence electrons. The van der Waals surface area contributed by atoms with Gasteiger partial charge in [0.15, 0.2) is 0 Å². The van der Waals surface area contributed by atoms with Crippen molar-refractivity contribution in [3.63, 3.8) is 0 Å². The van der Waals surface area contributed by atoms with Gasteiger partial charge in [0.2, 0.25) is 0 Å². The molecule has 0 unspecified atom stereocenters. The number of hydrogen-bond donors (Lipinski definition) is 1. The van der Waals surface area contributed by atoms with E-state index in [2.05, 4.69) is 53.7 Å². The Morgan fingerprint density at radius 1 is 1.14 bits per heavy atom. The average Bonchev–Trinajstić information content (AvgIpc) is 2.94. The Kier molecular flexibility index (Phi) is 3.64. The fraction of sp³-hybridized carbons (Fsp3) is 0.647. The summed E-state index contributed by atoms with van der Waals surface area (Å²) < 4.78 is 0. The number of H-pyrrole nitrogens is 1. The van der Waals surface area contributed by atoms with Crippen molar-refractivity contribution < 1.29 is 0 Å². The molecule has 0 bridgehead atoms. The van der Waals surface area contributed by atoms with Gasteiger partial charge in [-0.05, 0) is 43.1 Å². The van der Waals surface area contributed by atoms with Crippen LogP contribution in [0, 0.1) is 11.3 Å². The van der Waals surface area contributed by atoms with Crippen LogP contribution in [0.3, 0.4) is 0 Å². The first kappa shape index (κ1) is 14.4. The van der Waals surface area contributed by atoms with Crippen LogP contribution in [0.15, 0.2) is 18.6 Å². The van der Waals surface area contributed by atoms with E-state index in [9.17, 15) is 0 Å². The highest BCUT2D eigenvalue weighted by Gasteiger charge is 2.31. The number of anilines is 1. The molecule has 0 atom stereocenters. The largest absolute Gasteiger partial charge is 0.356 e. The number of aromatic amines is 1. The minimum absolute atomic E-state index is 0.437. The number of nitrogens with one attached hydrogen (secondary N) is 1. The Hall–Kier alpha value is -1.58. The van der Waals surface area contributed by atoms with Crippen LogP contribution >= 0.6 is 0 Å². The molecule has 0 aromatic carbocycles. The standard InChI is InChI=1S/C17H26N4/c1-17(2,3)12-5-7-13(8-6-12)21(4)16-14-9-10-18-15(14)19-11-20-16/h9-13H,5-8H2,1-4H3,(H,18,19,20). The highest BCUT2D eigenvalue weighted by molar-refractivity contribution is 5.87. The van der Waals surface area contributed by atoms with Gasteiger partial charge < -0.3 is 9.88 Å². The first-order valence-electron chi connectivity index (χ1n) is 7.97. The zero-order valence-corrected chi connectivity index (χ0v) is 13.6. The fourth-order valence-electron chi connectivity index (χ4n) is 3.64. The number of rotatable bonds is 2. The van der Waals surface area contributed by atoms with Gasteiger partial charge in [0.05, 0.1) is 5.39 Å². The molecular formula is C17H26N4. The van der Waals surface area contributed by atoms with Crippen LogP contribution in [0.5, 0.6) is 0 Å². The maximum Gasteiger partial charge on any atom is 0.142 e. The summed E-state index contributed by atoms with van der Waals surface area (Å²) in [5, 5.41) is 1.12. The highest BCUT2D eigenvalue weighted by atomic mass is 15.2. The van der Waals surface area contributed by atoms with E-state index in [1.807, 2.05) is 6.20 Å². The lowest BCUT2D eigenvalue weighted by Gasteiger charge is -2.40. The summed E-state index contributed by atoms with van der Waals surface area (Å²) in [4.78, 5) is 14.3. The number of hydrogen-bond acceptors (Lipinski definition) is 3. The summed E-state index contributed by atoms with van der Waals surface area (Å²) in [6.45, 7) is 7.11. The van der Waals surface area contributed by atoms with E-state index in [0.717, 1.165) is 22.8 Å². The number of aromatic nitrogens is 3. The van der Waals surface area contributed by atoms with E-state index in [4.69, 9.17) is 0 Å². The van der Waals surface area contributed by atoms with E-state index in [1.165, 1.54) is 25.7 Å². The van der Waals surface area contributed by atoms with Gasteiger partial charge in [-0.1, -0.05) is 20.8 Å². The van der Waals surface area contributed by atoms with E-state index in [0.29, 0.717) is 11.5 Å². The summed E-state index contributed by atoms with van der Waals surface area (Å²) in [5.41, 5.74) is 1.36. The van der Waals surface area contributed by atoms with Crippen molar-refractivity contribution in [2.45, 2.75) is 52.5 Å². The van der Waals surface area contributed by atoms with Crippen LogP contribution in [0.4, 0.5) is 5.82 Å². The Morgan fingerprint density at radius 3 is 2.52 bits per heavy atom. The summed E-state index contributed by atoms with van der Waals surface area (Å²) in [6, 6.07) is 2.67. The molecule has 2 aromatic rings. The van der Waals surface area contributed by atoms with Crippen LogP contribution in [-0.4, -0.2) is 28.0 Å². The molecule has 4 nitrogen and oxygen atoms in total. The maximum absolute atomic E-state index is 4.52. The van der Waals surface area contributed by atoms with Crippen molar-refractivity contribution in [2.75, 3.05) is 11.9 Å². The second-order valence-corrected chi connectivity index (χ2v) is 7.42. The Balaban J connectivity index is 1.75. The fourth-order valence-corrected chi connectivity index (χ4v) is 3.64. The van der Waals surface area contributed by atoms with Crippen molar-refractivity contribution in [1.82, 2.24) is 15.0 Å². The van der Waals surface area contributed by atoms with Crippen molar-refractivity contribution in [1.29, 1.82) is 0 Å². The molecule has 4 heteroatoms. The zero-order valence-electron chi connectivity index (χ0n) is 13.6. The van der Waals surface area contributed by atoms with E-state index < -0.39 is 0 Å². The third-order valence-electron chi connectivity index (χ3n) is 5.14. The van der Waals surface area contributed by atoms with Crippen LogP contribution in [-0.2, 0) is 0 Å². The monoisotopic (exact) mass is 286 g/mol. The normalized spacial score (nSPS) is 23.4. The molecule has 0 saturated heterocycles. The van der Waals surface area contributed by atoms with Crippen LogP contribution in [0.1, 0.15) is 46.5 Å². The third kappa shape index (κ3) is 2.76. The number of nitrogens with zero attached hydrogens (tertiary/aromatic N) is 3. The topological polar surface area (TPSA) is 44.8 Å². The average molecular weight is 286 g/mol. The molecule has 3 rings (SSSR count). The van der Waals surface area contributed by atoms with Crippen LogP contribution in [0.2, 0.25) is 0 Å². The molecule has 0 spiro atoms. The first-order chi connectivity index (χ1) is 9.97. The summed E-state index contributed by atoms with van der Waals surface area (Å²) >= 11 is 0. The minimum Gasteiger partial charge on any atom is -0.356 e. The smallest absolute Gasteiger partial charge is 0.142 e. The predicted molar refractivity (Wildman–Crippen MR) is 87.5 cm³/mol. The lowest BCUT2D eigenvalue weighted by Crippen LogP contribution is -2.38. The molecule has 2 aromatic heterocycles. The molecule has 1 fully saturated rings. The zero-order chi connectivity index (χ0) is 15.0. The maximum atomic E-state index is 4.52. The van der Waals surface area contributed by atoms with E-state index in [-0.39, 0.29) is 0 Å². The minimum atomic E-state index is 0.437. The molecule has 1 N–H and O–H groups in total. The molecule has 1 saturated carbocycles. The molecule has 21 heavy (non-hydrogen) atoms. The second kappa shape index (κ2) is 5.32. The second-order valence-electron chi connectivity index (χ2n) is 7.42. The molecule has 0 radical (unpaired) electrons. The van der Waals surface area contributed by atoms with Gasteiger partial charge in [-0.3, -0.25) is 0 Å². The van der Waals surface area contributed by atoms with Gasteiger partial charge in [-0.2, -0.15) is 0 Å². The van der Waals surface area contributed by atoms with Crippen LogP contribution < -0.4 is 4.90 Å². The summed E-state index contributed by atoms with van der Waals surface area (Å²) in [6.07, 6.45) is 8.75. The van der Waals surface area contributed by atoms with Gasteiger partial charge in [-0.25, -0.2) is 9.97 Å². The highest BCUT2D eigenvalue weighted by Crippen LogP contribution is 2.39. The van der Waals surface area contributed by atoms with Gasteiger partial charge in [0.25, 0.3) is 0 Å². The van der Waals surface area contributed by atoms with Crippen LogP contribution in [0.25, 0.3) is 11.0 Å². The van der Waals surface area contributed by atoms with Gasteiger partial charge >= 0.3 is 0 Å². The molecule has 0 aliphatic heterocycles. The van der Waals surface area contributed by atoms with Gasteiger partial charge in [0, 0.05) is 19.3 Å². The van der Waals surface area contributed by atoms with Gasteiger partial charge in [-0.15, -0.1) is 0 Å².